The summed E-state index contributed by atoms with van der Waals surface area (Å²) in [4.78, 5) is 0.724. The van der Waals surface area contributed by atoms with Crippen LogP contribution >= 0.6 is 23.8 Å². The van der Waals surface area contributed by atoms with E-state index in [4.69, 9.17) is 23.8 Å². The van der Waals surface area contributed by atoms with E-state index in [2.05, 4.69) is 36.5 Å². The fourth-order valence-corrected chi connectivity index (χ4v) is 2.20. The maximum Gasteiger partial charge on any atom is 0.106 e. The monoisotopic (exact) mass is 289 g/mol. The molecule has 0 heterocycles. The van der Waals surface area contributed by atoms with Crippen molar-refractivity contribution in [3.63, 3.8) is 0 Å². The number of aryl methyl sites for hydroxylation is 1. The molecule has 0 aliphatic rings. The zero-order valence-corrected chi connectivity index (χ0v) is 12.4. The van der Waals surface area contributed by atoms with Crippen molar-refractivity contribution < 1.29 is 0 Å². The molecule has 0 aliphatic carbocycles. The predicted octanol–water partition coefficient (Wildman–Crippen LogP) is 4.37. The highest BCUT2D eigenvalue weighted by Gasteiger charge is 2.01. The van der Waals surface area contributed by atoms with E-state index in [9.17, 15) is 0 Å². The van der Waals surface area contributed by atoms with Crippen LogP contribution in [0.3, 0.4) is 0 Å². The van der Waals surface area contributed by atoms with Crippen molar-refractivity contribution in [2.24, 2.45) is 0 Å². The van der Waals surface area contributed by atoms with Gasteiger partial charge in [-0.2, -0.15) is 0 Å². The predicted molar refractivity (Wildman–Crippen MR) is 85.8 cm³/mol. The first-order valence-corrected chi connectivity index (χ1v) is 7.09. The SMILES string of the molecule is CCc1ccc(CNC(=S)c2cccc(Cl)c2)cc1. The lowest BCUT2D eigenvalue weighted by molar-refractivity contribution is 0.926. The van der Waals surface area contributed by atoms with Crippen LogP contribution in [0.4, 0.5) is 0 Å². The molecule has 2 aromatic rings. The number of benzene rings is 2. The van der Waals surface area contributed by atoms with Gasteiger partial charge in [-0.25, -0.2) is 0 Å². The molecule has 0 fully saturated rings. The maximum atomic E-state index is 5.95. The zero-order valence-electron chi connectivity index (χ0n) is 10.8. The van der Waals surface area contributed by atoms with Crippen molar-refractivity contribution in [2.45, 2.75) is 19.9 Å². The molecule has 98 valence electrons. The number of rotatable bonds is 4. The molecule has 3 heteroatoms. The first-order chi connectivity index (χ1) is 9.19. The highest BCUT2D eigenvalue weighted by molar-refractivity contribution is 7.80. The van der Waals surface area contributed by atoms with Gasteiger partial charge in [-0.1, -0.05) is 67.1 Å². The van der Waals surface area contributed by atoms with Crippen molar-refractivity contribution >= 4 is 28.8 Å². The van der Waals surface area contributed by atoms with Crippen LogP contribution in [0.2, 0.25) is 5.02 Å². The van der Waals surface area contributed by atoms with E-state index in [1.807, 2.05) is 24.3 Å². The summed E-state index contributed by atoms with van der Waals surface area (Å²) < 4.78 is 0. The molecule has 1 N–H and O–H groups in total. The highest BCUT2D eigenvalue weighted by atomic mass is 35.5. The lowest BCUT2D eigenvalue weighted by Gasteiger charge is -2.09. The van der Waals surface area contributed by atoms with Gasteiger partial charge in [0.15, 0.2) is 0 Å². The molecule has 19 heavy (non-hydrogen) atoms. The van der Waals surface area contributed by atoms with Crippen molar-refractivity contribution in [3.05, 3.63) is 70.2 Å². The minimum absolute atomic E-state index is 0.703. The zero-order chi connectivity index (χ0) is 13.7. The van der Waals surface area contributed by atoms with Crippen LogP contribution in [0.5, 0.6) is 0 Å². The van der Waals surface area contributed by atoms with Crippen LogP contribution in [-0.4, -0.2) is 4.99 Å². The van der Waals surface area contributed by atoms with Crippen LogP contribution in [0.15, 0.2) is 48.5 Å². The second-order valence-electron chi connectivity index (χ2n) is 4.36. The Hall–Kier alpha value is -1.38. The normalized spacial score (nSPS) is 10.2. The van der Waals surface area contributed by atoms with E-state index in [0.29, 0.717) is 5.02 Å². The molecule has 1 nitrogen and oxygen atoms in total. The number of thiocarbonyl (C=S) groups is 1. The van der Waals surface area contributed by atoms with E-state index >= 15 is 0 Å². The van der Waals surface area contributed by atoms with Crippen LogP contribution in [-0.2, 0) is 13.0 Å². The number of hydrogen-bond acceptors (Lipinski definition) is 1. The van der Waals surface area contributed by atoms with Gasteiger partial charge >= 0.3 is 0 Å². The minimum Gasteiger partial charge on any atom is -0.372 e. The Kier molecular flexibility index (Phi) is 4.94. The van der Waals surface area contributed by atoms with Gasteiger partial charge in [-0.15, -0.1) is 0 Å². The van der Waals surface area contributed by atoms with Crippen molar-refractivity contribution in [1.29, 1.82) is 0 Å². The third-order valence-corrected chi connectivity index (χ3v) is 3.59. The Balaban J connectivity index is 1.96. The first kappa shape index (κ1) is 14.0. The van der Waals surface area contributed by atoms with Crippen molar-refractivity contribution in [1.82, 2.24) is 5.32 Å². The van der Waals surface area contributed by atoms with Crippen molar-refractivity contribution in [3.8, 4) is 0 Å². The molecular formula is C16H16ClNS. The van der Waals surface area contributed by atoms with Gasteiger partial charge in [0.25, 0.3) is 0 Å². The molecule has 0 aliphatic heterocycles. The highest BCUT2D eigenvalue weighted by Crippen LogP contribution is 2.11. The third-order valence-electron chi connectivity index (χ3n) is 2.97. The molecule has 0 atom stereocenters. The molecule has 2 rings (SSSR count). The molecule has 0 saturated heterocycles. The molecule has 0 unspecified atom stereocenters. The van der Waals surface area contributed by atoms with Gasteiger partial charge in [0, 0.05) is 17.1 Å². The lowest BCUT2D eigenvalue weighted by Crippen LogP contribution is -2.21. The van der Waals surface area contributed by atoms with E-state index in [1.54, 1.807) is 0 Å². The fraction of sp³-hybridized carbons (Fsp3) is 0.188. The van der Waals surface area contributed by atoms with E-state index < -0.39 is 0 Å². The topological polar surface area (TPSA) is 12.0 Å². The summed E-state index contributed by atoms with van der Waals surface area (Å²) in [6, 6.07) is 16.1. The van der Waals surface area contributed by atoms with Gasteiger partial charge in [0.2, 0.25) is 0 Å². The van der Waals surface area contributed by atoms with Crippen LogP contribution in [0.25, 0.3) is 0 Å². The summed E-state index contributed by atoms with van der Waals surface area (Å²) in [5.74, 6) is 0. The number of halogens is 1. The minimum atomic E-state index is 0.703. The molecule has 0 bridgehead atoms. The van der Waals surface area contributed by atoms with Gasteiger partial charge in [0.1, 0.15) is 4.99 Å². The summed E-state index contributed by atoms with van der Waals surface area (Å²) >= 11 is 11.3. The molecular weight excluding hydrogens is 274 g/mol. The second kappa shape index (κ2) is 6.69. The average Bonchev–Trinajstić information content (AvgIpc) is 2.45. The van der Waals surface area contributed by atoms with Gasteiger partial charge < -0.3 is 5.32 Å². The van der Waals surface area contributed by atoms with E-state index in [1.165, 1.54) is 11.1 Å². The van der Waals surface area contributed by atoms with Crippen LogP contribution in [0, 0.1) is 0 Å². The largest absolute Gasteiger partial charge is 0.372 e. The summed E-state index contributed by atoms with van der Waals surface area (Å²) in [5, 5.41) is 3.96. The van der Waals surface area contributed by atoms with Gasteiger partial charge in [-0.05, 0) is 29.7 Å². The van der Waals surface area contributed by atoms with Crippen molar-refractivity contribution in [2.75, 3.05) is 0 Å². The molecule has 0 aromatic heterocycles. The smallest absolute Gasteiger partial charge is 0.106 e. The number of hydrogen-bond donors (Lipinski definition) is 1. The second-order valence-corrected chi connectivity index (χ2v) is 5.21. The Morgan fingerprint density at radius 1 is 1.11 bits per heavy atom. The summed E-state index contributed by atoms with van der Waals surface area (Å²) in [5.41, 5.74) is 3.52. The molecule has 0 amide bonds. The Labute approximate surface area is 124 Å². The quantitative estimate of drug-likeness (QED) is 0.839. The Morgan fingerprint density at radius 2 is 1.79 bits per heavy atom. The van der Waals surface area contributed by atoms with Crippen LogP contribution in [0.1, 0.15) is 23.6 Å². The standard InChI is InChI=1S/C16H16ClNS/c1-2-12-6-8-13(9-7-12)11-18-16(19)14-4-3-5-15(17)10-14/h3-10H,2,11H2,1H3,(H,18,19). The molecule has 2 aromatic carbocycles. The average molecular weight is 290 g/mol. The van der Waals surface area contributed by atoms with Crippen LogP contribution < -0.4 is 5.32 Å². The fourth-order valence-electron chi connectivity index (χ4n) is 1.81. The van der Waals surface area contributed by atoms with E-state index in [-0.39, 0.29) is 0 Å². The summed E-state index contributed by atoms with van der Waals surface area (Å²) in [6.45, 7) is 2.89. The lowest BCUT2D eigenvalue weighted by atomic mass is 10.1. The number of nitrogens with one attached hydrogen (secondary N) is 1. The molecule has 0 spiro atoms. The molecule has 0 radical (unpaired) electrons. The third kappa shape index (κ3) is 4.05. The van der Waals surface area contributed by atoms with Gasteiger partial charge in [-0.3, -0.25) is 0 Å². The maximum absolute atomic E-state index is 5.95. The Bertz CT molecular complexity index is 563. The molecule has 0 saturated carbocycles. The Morgan fingerprint density at radius 3 is 2.42 bits per heavy atom. The van der Waals surface area contributed by atoms with Gasteiger partial charge in [0.05, 0.1) is 0 Å². The summed E-state index contributed by atoms with van der Waals surface area (Å²) in [7, 11) is 0. The van der Waals surface area contributed by atoms with E-state index in [0.717, 1.165) is 23.5 Å². The summed E-state index contributed by atoms with van der Waals surface area (Å²) in [6.07, 6.45) is 1.06. The first-order valence-electron chi connectivity index (χ1n) is 6.30.